The highest BCUT2D eigenvalue weighted by Gasteiger charge is 2.17. The summed E-state index contributed by atoms with van der Waals surface area (Å²) in [6.07, 6.45) is -0.647. The number of rotatable bonds is 5. The fourth-order valence-electron chi connectivity index (χ4n) is 1.25. The van der Waals surface area contributed by atoms with Crippen molar-refractivity contribution in [2.45, 2.75) is 20.0 Å². The minimum Gasteiger partial charge on any atom is -0.391 e. The first-order valence-corrected chi connectivity index (χ1v) is 6.47. The van der Waals surface area contributed by atoms with Crippen LogP contribution in [0.2, 0.25) is 0 Å². The second kappa shape index (κ2) is 6.66. The van der Waals surface area contributed by atoms with Gasteiger partial charge in [-0.3, -0.25) is 9.59 Å². The summed E-state index contributed by atoms with van der Waals surface area (Å²) in [7, 11) is 0. The topological polar surface area (TPSA) is 66.4 Å². The van der Waals surface area contributed by atoms with E-state index in [0.717, 1.165) is 4.47 Å². The number of ketones is 1. The predicted molar refractivity (Wildman–Crippen MR) is 72.3 cm³/mol. The molecule has 1 atom stereocenters. The van der Waals surface area contributed by atoms with Gasteiger partial charge in [-0.15, -0.1) is 0 Å². The molecule has 5 heteroatoms. The molecule has 0 aromatic heterocycles. The van der Waals surface area contributed by atoms with Crippen LogP contribution in [0, 0.1) is 5.92 Å². The van der Waals surface area contributed by atoms with Crippen LogP contribution in [0.25, 0.3) is 0 Å². The van der Waals surface area contributed by atoms with Gasteiger partial charge in [-0.05, 0) is 30.2 Å². The number of carbonyl (C=O) groups excluding carboxylic acids is 2. The average molecular weight is 314 g/mol. The van der Waals surface area contributed by atoms with Gasteiger partial charge in [-0.25, -0.2) is 0 Å². The minimum atomic E-state index is -0.697. The van der Waals surface area contributed by atoms with Gasteiger partial charge in [0.05, 0.1) is 6.10 Å². The third-order valence-electron chi connectivity index (χ3n) is 2.55. The summed E-state index contributed by atoms with van der Waals surface area (Å²) in [6, 6.07) is 6.54. The number of amides is 1. The third kappa shape index (κ3) is 4.23. The SMILES string of the molecule is CC(C)C(O)CNC(=O)C(=O)c1ccc(Br)cc1. The lowest BCUT2D eigenvalue weighted by Gasteiger charge is -2.14. The Bertz CT molecular complexity index is 428. The Morgan fingerprint density at radius 1 is 1.28 bits per heavy atom. The van der Waals surface area contributed by atoms with Crippen molar-refractivity contribution in [2.75, 3.05) is 6.54 Å². The van der Waals surface area contributed by atoms with Gasteiger partial charge in [0.15, 0.2) is 0 Å². The molecule has 0 radical (unpaired) electrons. The van der Waals surface area contributed by atoms with Gasteiger partial charge in [-0.1, -0.05) is 29.8 Å². The molecule has 0 saturated heterocycles. The van der Waals surface area contributed by atoms with E-state index < -0.39 is 17.8 Å². The van der Waals surface area contributed by atoms with Crippen molar-refractivity contribution in [1.29, 1.82) is 0 Å². The maximum atomic E-state index is 11.7. The molecule has 0 aliphatic rings. The summed E-state index contributed by atoms with van der Waals surface area (Å²) in [6.45, 7) is 3.76. The fraction of sp³-hybridized carbons (Fsp3) is 0.385. The zero-order valence-electron chi connectivity index (χ0n) is 10.3. The predicted octanol–water partition coefficient (Wildman–Crippen LogP) is 1.76. The number of halogens is 1. The van der Waals surface area contributed by atoms with Crippen LogP contribution in [0.3, 0.4) is 0 Å². The van der Waals surface area contributed by atoms with Gasteiger partial charge in [0, 0.05) is 16.6 Å². The summed E-state index contributed by atoms with van der Waals surface area (Å²) in [5, 5.41) is 12.0. The Kier molecular flexibility index (Phi) is 5.50. The van der Waals surface area contributed by atoms with Crippen molar-refractivity contribution in [2.24, 2.45) is 5.92 Å². The lowest BCUT2D eigenvalue weighted by atomic mass is 10.1. The van der Waals surface area contributed by atoms with Crippen molar-refractivity contribution in [3.05, 3.63) is 34.3 Å². The second-order valence-corrected chi connectivity index (χ2v) is 5.27. The van der Waals surface area contributed by atoms with Gasteiger partial charge in [0.2, 0.25) is 5.78 Å². The van der Waals surface area contributed by atoms with E-state index in [1.54, 1.807) is 24.3 Å². The van der Waals surface area contributed by atoms with Gasteiger partial charge in [0.25, 0.3) is 5.91 Å². The highest BCUT2D eigenvalue weighted by Crippen LogP contribution is 2.11. The quantitative estimate of drug-likeness (QED) is 0.643. The molecule has 1 aromatic carbocycles. The van der Waals surface area contributed by atoms with Crippen LogP contribution >= 0.6 is 15.9 Å². The highest BCUT2D eigenvalue weighted by atomic mass is 79.9. The maximum absolute atomic E-state index is 11.7. The Balaban J connectivity index is 2.57. The Morgan fingerprint density at radius 2 is 1.83 bits per heavy atom. The average Bonchev–Trinajstić information content (AvgIpc) is 2.35. The Labute approximate surface area is 115 Å². The third-order valence-corrected chi connectivity index (χ3v) is 3.08. The number of benzene rings is 1. The minimum absolute atomic E-state index is 0.0353. The van der Waals surface area contributed by atoms with Gasteiger partial charge < -0.3 is 10.4 Å². The molecular formula is C13H16BrNO3. The number of hydrogen-bond acceptors (Lipinski definition) is 3. The van der Waals surface area contributed by atoms with Crippen molar-refractivity contribution >= 4 is 27.6 Å². The summed E-state index contributed by atoms with van der Waals surface area (Å²) < 4.78 is 0.842. The van der Waals surface area contributed by atoms with Crippen LogP contribution < -0.4 is 5.32 Å². The molecule has 2 N–H and O–H groups in total. The molecule has 0 fully saturated rings. The number of hydrogen-bond donors (Lipinski definition) is 2. The molecule has 4 nitrogen and oxygen atoms in total. The monoisotopic (exact) mass is 313 g/mol. The maximum Gasteiger partial charge on any atom is 0.292 e. The molecule has 0 saturated carbocycles. The standard InChI is InChI=1S/C13H16BrNO3/c1-8(2)11(16)7-15-13(18)12(17)9-3-5-10(14)6-4-9/h3-6,8,11,16H,7H2,1-2H3,(H,15,18). The molecule has 1 aromatic rings. The molecule has 0 heterocycles. The number of aliphatic hydroxyl groups excluding tert-OH is 1. The van der Waals surface area contributed by atoms with Crippen molar-refractivity contribution in [3.63, 3.8) is 0 Å². The molecule has 0 aliphatic heterocycles. The van der Waals surface area contributed by atoms with Crippen LogP contribution in [0.5, 0.6) is 0 Å². The van der Waals surface area contributed by atoms with Gasteiger partial charge in [-0.2, -0.15) is 0 Å². The normalized spacial score (nSPS) is 12.3. The van der Waals surface area contributed by atoms with Crippen LogP contribution in [0.4, 0.5) is 0 Å². The highest BCUT2D eigenvalue weighted by molar-refractivity contribution is 9.10. The summed E-state index contributed by atoms with van der Waals surface area (Å²) in [5.74, 6) is -1.26. The van der Waals surface area contributed by atoms with Crippen molar-refractivity contribution < 1.29 is 14.7 Å². The van der Waals surface area contributed by atoms with E-state index in [9.17, 15) is 14.7 Å². The lowest BCUT2D eigenvalue weighted by Crippen LogP contribution is -2.38. The molecule has 1 rings (SSSR count). The number of nitrogens with one attached hydrogen (secondary N) is 1. The van der Waals surface area contributed by atoms with Crippen LogP contribution in [-0.2, 0) is 4.79 Å². The van der Waals surface area contributed by atoms with E-state index in [4.69, 9.17) is 0 Å². The Hall–Kier alpha value is -1.20. The number of carbonyl (C=O) groups is 2. The van der Waals surface area contributed by atoms with Crippen molar-refractivity contribution in [1.82, 2.24) is 5.32 Å². The first-order chi connectivity index (χ1) is 8.41. The van der Waals surface area contributed by atoms with Crippen LogP contribution in [0.15, 0.2) is 28.7 Å². The number of Topliss-reactive ketones (excluding diaryl/α,β-unsaturated/α-hetero) is 1. The van der Waals surface area contributed by atoms with E-state index in [2.05, 4.69) is 21.2 Å². The molecule has 1 unspecified atom stereocenters. The van der Waals surface area contributed by atoms with E-state index in [0.29, 0.717) is 5.56 Å². The molecule has 18 heavy (non-hydrogen) atoms. The first kappa shape index (κ1) is 14.9. The van der Waals surface area contributed by atoms with E-state index in [-0.39, 0.29) is 12.5 Å². The van der Waals surface area contributed by atoms with Crippen LogP contribution in [0.1, 0.15) is 24.2 Å². The van der Waals surface area contributed by atoms with E-state index in [1.807, 2.05) is 13.8 Å². The molecule has 0 aliphatic carbocycles. The van der Waals surface area contributed by atoms with Crippen molar-refractivity contribution in [3.8, 4) is 0 Å². The first-order valence-electron chi connectivity index (χ1n) is 5.68. The fourth-order valence-corrected chi connectivity index (χ4v) is 1.51. The van der Waals surface area contributed by atoms with E-state index in [1.165, 1.54) is 0 Å². The molecule has 0 spiro atoms. The summed E-state index contributed by atoms with van der Waals surface area (Å²) in [4.78, 5) is 23.3. The smallest absolute Gasteiger partial charge is 0.292 e. The van der Waals surface area contributed by atoms with Crippen LogP contribution in [-0.4, -0.2) is 29.4 Å². The van der Waals surface area contributed by atoms with Gasteiger partial charge >= 0.3 is 0 Å². The molecule has 98 valence electrons. The lowest BCUT2D eigenvalue weighted by molar-refractivity contribution is -0.117. The largest absolute Gasteiger partial charge is 0.391 e. The molecular weight excluding hydrogens is 298 g/mol. The van der Waals surface area contributed by atoms with E-state index >= 15 is 0 Å². The molecule has 1 amide bonds. The number of aliphatic hydroxyl groups is 1. The second-order valence-electron chi connectivity index (χ2n) is 4.36. The van der Waals surface area contributed by atoms with Gasteiger partial charge in [0.1, 0.15) is 0 Å². The zero-order valence-corrected chi connectivity index (χ0v) is 11.9. The summed E-state index contributed by atoms with van der Waals surface area (Å²) in [5.41, 5.74) is 0.328. The summed E-state index contributed by atoms with van der Waals surface area (Å²) >= 11 is 3.25. The zero-order chi connectivity index (χ0) is 13.7. The Morgan fingerprint density at radius 3 is 2.33 bits per heavy atom. The molecule has 0 bridgehead atoms.